The number of amides is 1. The minimum absolute atomic E-state index is 0.0306. The Labute approximate surface area is 114 Å². The Bertz CT molecular complexity index is 401. The molecular formula is C14H22N4O. The molecule has 5 nitrogen and oxygen atoms in total. The van der Waals surface area contributed by atoms with Gasteiger partial charge in [0.25, 0.3) is 5.91 Å². The SMILES string of the molecule is CC(C)CN(CC1CCCN1)C(=O)c1cncnc1. The van der Waals surface area contributed by atoms with E-state index in [4.69, 9.17) is 0 Å². The molecule has 1 aliphatic rings. The fourth-order valence-corrected chi connectivity index (χ4v) is 2.45. The van der Waals surface area contributed by atoms with Gasteiger partial charge in [-0.3, -0.25) is 4.79 Å². The molecule has 0 aromatic carbocycles. The lowest BCUT2D eigenvalue weighted by Crippen LogP contribution is -2.42. The zero-order valence-electron chi connectivity index (χ0n) is 11.7. The average molecular weight is 262 g/mol. The second-order valence-corrected chi connectivity index (χ2v) is 5.52. The smallest absolute Gasteiger partial charge is 0.257 e. The second kappa shape index (κ2) is 6.61. The van der Waals surface area contributed by atoms with Gasteiger partial charge < -0.3 is 10.2 Å². The zero-order valence-corrected chi connectivity index (χ0v) is 11.7. The van der Waals surface area contributed by atoms with Gasteiger partial charge in [0.2, 0.25) is 0 Å². The first-order chi connectivity index (χ1) is 9.16. The van der Waals surface area contributed by atoms with Crippen molar-refractivity contribution in [3.63, 3.8) is 0 Å². The first-order valence-corrected chi connectivity index (χ1v) is 6.94. The first-order valence-electron chi connectivity index (χ1n) is 6.94. The number of aromatic nitrogens is 2. The van der Waals surface area contributed by atoms with Crippen LogP contribution in [0.1, 0.15) is 37.0 Å². The Morgan fingerprint density at radius 1 is 1.47 bits per heavy atom. The summed E-state index contributed by atoms with van der Waals surface area (Å²) in [5, 5.41) is 3.44. The minimum atomic E-state index is 0.0306. The van der Waals surface area contributed by atoms with Gasteiger partial charge in [-0.15, -0.1) is 0 Å². The molecule has 1 aromatic heterocycles. The van der Waals surface area contributed by atoms with Gasteiger partial charge in [-0.25, -0.2) is 9.97 Å². The summed E-state index contributed by atoms with van der Waals surface area (Å²) < 4.78 is 0. The highest BCUT2D eigenvalue weighted by molar-refractivity contribution is 5.93. The van der Waals surface area contributed by atoms with Crippen molar-refractivity contribution in [3.8, 4) is 0 Å². The van der Waals surface area contributed by atoms with Crippen molar-refractivity contribution in [2.45, 2.75) is 32.7 Å². The van der Waals surface area contributed by atoms with Crippen LogP contribution in [0.3, 0.4) is 0 Å². The van der Waals surface area contributed by atoms with Gasteiger partial charge in [-0.1, -0.05) is 13.8 Å². The molecule has 1 aliphatic heterocycles. The fourth-order valence-electron chi connectivity index (χ4n) is 2.45. The highest BCUT2D eigenvalue weighted by atomic mass is 16.2. The molecule has 0 spiro atoms. The maximum absolute atomic E-state index is 12.5. The topological polar surface area (TPSA) is 58.1 Å². The van der Waals surface area contributed by atoms with E-state index in [1.54, 1.807) is 12.4 Å². The monoisotopic (exact) mass is 262 g/mol. The Hall–Kier alpha value is -1.49. The van der Waals surface area contributed by atoms with E-state index in [9.17, 15) is 4.79 Å². The highest BCUT2D eigenvalue weighted by Gasteiger charge is 2.23. The van der Waals surface area contributed by atoms with Crippen molar-refractivity contribution in [1.82, 2.24) is 20.2 Å². The third-order valence-electron chi connectivity index (χ3n) is 3.28. The summed E-state index contributed by atoms with van der Waals surface area (Å²) in [5.74, 6) is 0.484. The number of carbonyl (C=O) groups excluding carboxylic acids is 1. The molecule has 1 atom stereocenters. The summed E-state index contributed by atoms with van der Waals surface area (Å²) in [6.45, 7) is 6.86. The normalized spacial score (nSPS) is 18.8. The van der Waals surface area contributed by atoms with Crippen LogP contribution in [0.5, 0.6) is 0 Å². The molecule has 5 heteroatoms. The van der Waals surface area contributed by atoms with Gasteiger partial charge in [-0.2, -0.15) is 0 Å². The summed E-state index contributed by atoms with van der Waals surface area (Å²) in [7, 11) is 0. The molecule has 19 heavy (non-hydrogen) atoms. The van der Waals surface area contributed by atoms with E-state index in [0.29, 0.717) is 17.5 Å². The molecule has 1 N–H and O–H groups in total. The van der Waals surface area contributed by atoms with Gasteiger partial charge in [-0.05, 0) is 25.3 Å². The summed E-state index contributed by atoms with van der Waals surface area (Å²) in [6, 6.07) is 0.423. The van der Waals surface area contributed by atoms with Crippen LogP contribution in [0, 0.1) is 5.92 Å². The largest absolute Gasteiger partial charge is 0.337 e. The van der Waals surface area contributed by atoms with Crippen LogP contribution in [-0.2, 0) is 0 Å². The molecule has 1 fully saturated rings. The standard InChI is InChI=1S/C14H22N4O/c1-11(2)8-18(9-13-4-3-5-17-13)14(19)12-6-15-10-16-7-12/h6-7,10-11,13,17H,3-5,8-9H2,1-2H3. The lowest BCUT2D eigenvalue weighted by molar-refractivity contribution is 0.0720. The Morgan fingerprint density at radius 2 is 2.21 bits per heavy atom. The second-order valence-electron chi connectivity index (χ2n) is 5.52. The molecule has 1 unspecified atom stereocenters. The Kier molecular flexibility index (Phi) is 4.85. The van der Waals surface area contributed by atoms with E-state index in [1.165, 1.54) is 12.7 Å². The number of nitrogens with one attached hydrogen (secondary N) is 1. The van der Waals surface area contributed by atoms with Crippen LogP contribution in [0.15, 0.2) is 18.7 Å². The van der Waals surface area contributed by atoms with Crippen LogP contribution in [-0.4, -0.2) is 46.5 Å². The van der Waals surface area contributed by atoms with Crippen LogP contribution < -0.4 is 5.32 Å². The van der Waals surface area contributed by atoms with Crippen molar-refractivity contribution in [2.75, 3.05) is 19.6 Å². The quantitative estimate of drug-likeness (QED) is 0.869. The first kappa shape index (κ1) is 13.9. The maximum atomic E-state index is 12.5. The molecule has 0 aliphatic carbocycles. The maximum Gasteiger partial charge on any atom is 0.257 e. The lowest BCUT2D eigenvalue weighted by Gasteiger charge is -2.27. The highest BCUT2D eigenvalue weighted by Crippen LogP contribution is 2.11. The molecule has 1 aromatic rings. The Morgan fingerprint density at radius 3 is 2.79 bits per heavy atom. The predicted molar refractivity (Wildman–Crippen MR) is 73.8 cm³/mol. The van der Waals surface area contributed by atoms with E-state index < -0.39 is 0 Å². The molecular weight excluding hydrogens is 240 g/mol. The lowest BCUT2D eigenvalue weighted by atomic mass is 10.1. The number of rotatable bonds is 5. The van der Waals surface area contributed by atoms with Crippen LogP contribution >= 0.6 is 0 Å². The summed E-state index contributed by atoms with van der Waals surface area (Å²) >= 11 is 0. The van der Waals surface area contributed by atoms with Gasteiger partial charge in [0.15, 0.2) is 0 Å². The van der Waals surface area contributed by atoms with E-state index in [1.807, 2.05) is 4.90 Å². The van der Waals surface area contributed by atoms with Crippen molar-refractivity contribution in [2.24, 2.45) is 5.92 Å². The number of nitrogens with zero attached hydrogens (tertiary/aromatic N) is 3. The van der Waals surface area contributed by atoms with Crippen molar-refractivity contribution in [3.05, 3.63) is 24.3 Å². The number of carbonyl (C=O) groups is 1. The van der Waals surface area contributed by atoms with Gasteiger partial charge in [0.1, 0.15) is 6.33 Å². The van der Waals surface area contributed by atoms with Crippen molar-refractivity contribution >= 4 is 5.91 Å². The molecule has 1 amide bonds. The molecule has 0 bridgehead atoms. The van der Waals surface area contributed by atoms with E-state index in [-0.39, 0.29) is 5.91 Å². The molecule has 104 valence electrons. The zero-order chi connectivity index (χ0) is 13.7. The summed E-state index contributed by atoms with van der Waals surface area (Å²) in [5.41, 5.74) is 0.571. The van der Waals surface area contributed by atoms with Gasteiger partial charge in [0, 0.05) is 31.5 Å². The van der Waals surface area contributed by atoms with Crippen LogP contribution in [0.2, 0.25) is 0 Å². The van der Waals surface area contributed by atoms with Crippen molar-refractivity contribution < 1.29 is 4.79 Å². The summed E-state index contributed by atoms with van der Waals surface area (Å²) in [4.78, 5) is 22.3. The third kappa shape index (κ3) is 3.99. The van der Waals surface area contributed by atoms with E-state index >= 15 is 0 Å². The van der Waals surface area contributed by atoms with Gasteiger partial charge in [0.05, 0.1) is 5.56 Å². The molecule has 0 saturated carbocycles. The van der Waals surface area contributed by atoms with Crippen LogP contribution in [0.4, 0.5) is 0 Å². The minimum Gasteiger partial charge on any atom is -0.337 e. The fraction of sp³-hybridized carbons (Fsp3) is 0.643. The summed E-state index contributed by atoms with van der Waals surface area (Å²) in [6.07, 6.45) is 6.97. The third-order valence-corrected chi connectivity index (χ3v) is 3.28. The Balaban J connectivity index is 2.05. The predicted octanol–water partition coefficient (Wildman–Crippen LogP) is 1.33. The molecule has 2 rings (SSSR count). The average Bonchev–Trinajstić information content (AvgIpc) is 2.90. The van der Waals surface area contributed by atoms with Crippen LogP contribution in [0.25, 0.3) is 0 Å². The molecule has 0 radical (unpaired) electrons. The van der Waals surface area contributed by atoms with Gasteiger partial charge >= 0.3 is 0 Å². The van der Waals surface area contributed by atoms with E-state index in [0.717, 1.165) is 26.1 Å². The number of hydrogen-bond acceptors (Lipinski definition) is 4. The number of hydrogen-bond donors (Lipinski definition) is 1. The van der Waals surface area contributed by atoms with E-state index in [2.05, 4.69) is 29.1 Å². The van der Waals surface area contributed by atoms with Crippen molar-refractivity contribution in [1.29, 1.82) is 0 Å². The molecule has 2 heterocycles. The molecule has 1 saturated heterocycles.